The van der Waals surface area contributed by atoms with Crippen molar-refractivity contribution < 1.29 is 9.53 Å². The summed E-state index contributed by atoms with van der Waals surface area (Å²) in [7, 11) is 0. The molecule has 0 heterocycles. The highest BCUT2D eigenvalue weighted by molar-refractivity contribution is 5.65. The molecule has 1 aromatic rings. The molecule has 0 N–H and O–H groups in total. The molecule has 1 aromatic carbocycles. The van der Waals surface area contributed by atoms with Gasteiger partial charge in [-0.25, -0.2) is 0 Å². The first-order valence-electron chi connectivity index (χ1n) is 5.90. The summed E-state index contributed by atoms with van der Waals surface area (Å²) in [4.78, 5) is 10.3. The summed E-state index contributed by atoms with van der Waals surface area (Å²) in [6.45, 7) is 4.20. The van der Waals surface area contributed by atoms with Crippen molar-refractivity contribution in [2.45, 2.75) is 39.5 Å². The standard InChI is InChI=1S/C8H16O2.C6H6/c1-3-4-5-6-7-10-8(2)9;1-2-4-6-5-3-1/h3-7H2,1-2H3;1-6H. The molecule has 0 aliphatic carbocycles. The van der Waals surface area contributed by atoms with Crippen LogP contribution >= 0.6 is 0 Å². The third kappa shape index (κ3) is 12.7. The van der Waals surface area contributed by atoms with Crippen LogP contribution in [0.15, 0.2) is 36.4 Å². The van der Waals surface area contributed by atoms with Crippen LogP contribution in [0.5, 0.6) is 0 Å². The molecule has 0 amide bonds. The first-order chi connectivity index (χ1) is 7.77. The van der Waals surface area contributed by atoms with Gasteiger partial charge < -0.3 is 4.74 Å². The predicted molar refractivity (Wildman–Crippen MR) is 67.2 cm³/mol. The van der Waals surface area contributed by atoms with E-state index in [0.29, 0.717) is 6.61 Å². The van der Waals surface area contributed by atoms with Crippen molar-refractivity contribution in [1.29, 1.82) is 0 Å². The van der Waals surface area contributed by atoms with E-state index in [9.17, 15) is 4.79 Å². The van der Waals surface area contributed by atoms with Crippen molar-refractivity contribution >= 4 is 5.97 Å². The molecule has 0 fully saturated rings. The Morgan fingerprint density at radius 2 is 1.44 bits per heavy atom. The van der Waals surface area contributed by atoms with Crippen LogP contribution in [-0.4, -0.2) is 12.6 Å². The normalized spacial score (nSPS) is 8.88. The van der Waals surface area contributed by atoms with Crippen LogP contribution < -0.4 is 0 Å². The Morgan fingerprint density at radius 3 is 1.81 bits per heavy atom. The van der Waals surface area contributed by atoms with Crippen molar-refractivity contribution in [3.05, 3.63) is 36.4 Å². The third-order valence-electron chi connectivity index (χ3n) is 1.97. The molecule has 90 valence electrons. The van der Waals surface area contributed by atoms with Crippen LogP contribution in [-0.2, 0) is 9.53 Å². The van der Waals surface area contributed by atoms with E-state index in [1.54, 1.807) is 0 Å². The summed E-state index contributed by atoms with van der Waals surface area (Å²) in [6.07, 6.45) is 4.64. The molecule has 0 aliphatic rings. The van der Waals surface area contributed by atoms with Gasteiger partial charge in [-0.3, -0.25) is 4.79 Å². The van der Waals surface area contributed by atoms with Crippen molar-refractivity contribution in [2.24, 2.45) is 0 Å². The van der Waals surface area contributed by atoms with Gasteiger partial charge in [0.1, 0.15) is 0 Å². The number of carbonyl (C=O) groups excluding carboxylic acids is 1. The van der Waals surface area contributed by atoms with E-state index in [1.807, 2.05) is 36.4 Å². The van der Waals surface area contributed by atoms with Gasteiger partial charge in [-0.2, -0.15) is 0 Å². The Bertz CT molecular complexity index is 217. The Balaban J connectivity index is 0.000000315. The van der Waals surface area contributed by atoms with Crippen LogP contribution in [0, 0.1) is 0 Å². The minimum Gasteiger partial charge on any atom is -0.466 e. The fraction of sp³-hybridized carbons (Fsp3) is 0.500. The molecular weight excluding hydrogens is 200 g/mol. The average Bonchev–Trinajstić information content (AvgIpc) is 2.31. The number of esters is 1. The lowest BCUT2D eigenvalue weighted by Gasteiger charge is -1.99. The lowest BCUT2D eigenvalue weighted by atomic mass is 10.2. The van der Waals surface area contributed by atoms with E-state index in [1.165, 1.54) is 26.2 Å². The molecule has 0 atom stereocenters. The first-order valence-corrected chi connectivity index (χ1v) is 5.90. The second-order valence-corrected chi connectivity index (χ2v) is 3.56. The summed E-state index contributed by atoms with van der Waals surface area (Å²) in [5, 5.41) is 0. The molecule has 2 heteroatoms. The van der Waals surface area contributed by atoms with Crippen LogP contribution in [0.3, 0.4) is 0 Å². The van der Waals surface area contributed by atoms with Gasteiger partial charge >= 0.3 is 5.97 Å². The van der Waals surface area contributed by atoms with Crippen molar-refractivity contribution in [3.63, 3.8) is 0 Å². The second-order valence-electron chi connectivity index (χ2n) is 3.56. The van der Waals surface area contributed by atoms with Crippen LogP contribution in [0.2, 0.25) is 0 Å². The summed E-state index contributed by atoms with van der Waals surface area (Å²) in [5.74, 6) is -0.170. The number of unbranched alkanes of at least 4 members (excludes halogenated alkanes) is 3. The van der Waals surface area contributed by atoms with Crippen LogP contribution in [0.4, 0.5) is 0 Å². The van der Waals surface area contributed by atoms with Crippen LogP contribution in [0.1, 0.15) is 39.5 Å². The lowest BCUT2D eigenvalue weighted by Crippen LogP contribution is -1.99. The molecule has 0 aromatic heterocycles. The minimum atomic E-state index is -0.170. The SMILES string of the molecule is CCCCCCOC(C)=O.c1ccccc1. The van der Waals surface area contributed by atoms with Gasteiger partial charge in [0.15, 0.2) is 0 Å². The first kappa shape index (κ1) is 14.7. The Hall–Kier alpha value is -1.31. The lowest BCUT2D eigenvalue weighted by molar-refractivity contribution is -0.141. The van der Waals surface area contributed by atoms with Gasteiger partial charge in [0.25, 0.3) is 0 Å². The molecule has 1 rings (SSSR count). The van der Waals surface area contributed by atoms with Gasteiger partial charge in [0.2, 0.25) is 0 Å². The molecule has 0 unspecified atom stereocenters. The second kappa shape index (κ2) is 11.8. The van der Waals surface area contributed by atoms with Gasteiger partial charge in [0.05, 0.1) is 6.61 Å². The van der Waals surface area contributed by atoms with E-state index >= 15 is 0 Å². The number of hydrogen-bond acceptors (Lipinski definition) is 2. The Morgan fingerprint density at radius 1 is 0.938 bits per heavy atom. The third-order valence-corrected chi connectivity index (χ3v) is 1.97. The summed E-state index contributed by atoms with van der Waals surface area (Å²) < 4.78 is 4.75. The molecule has 0 radical (unpaired) electrons. The van der Waals surface area contributed by atoms with Crippen molar-refractivity contribution in [3.8, 4) is 0 Å². The zero-order valence-corrected chi connectivity index (χ0v) is 10.3. The monoisotopic (exact) mass is 222 g/mol. The molecule has 0 spiro atoms. The maximum absolute atomic E-state index is 10.3. The van der Waals surface area contributed by atoms with Crippen molar-refractivity contribution in [1.82, 2.24) is 0 Å². The van der Waals surface area contributed by atoms with E-state index in [-0.39, 0.29) is 5.97 Å². The zero-order chi connectivity index (χ0) is 12.1. The maximum Gasteiger partial charge on any atom is 0.302 e. The highest BCUT2D eigenvalue weighted by atomic mass is 16.5. The summed E-state index contributed by atoms with van der Waals surface area (Å²) in [6, 6.07) is 12.0. The van der Waals surface area contributed by atoms with E-state index in [2.05, 4.69) is 6.92 Å². The van der Waals surface area contributed by atoms with Gasteiger partial charge in [-0.15, -0.1) is 0 Å². The number of carbonyl (C=O) groups is 1. The highest BCUT2D eigenvalue weighted by Gasteiger charge is 1.91. The molecule has 16 heavy (non-hydrogen) atoms. The highest BCUT2D eigenvalue weighted by Crippen LogP contribution is 1.98. The number of benzene rings is 1. The fourth-order valence-electron chi connectivity index (χ4n) is 1.13. The molecular formula is C14H22O2. The Kier molecular flexibility index (Phi) is 10.8. The average molecular weight is 222 g/mol. The number of rotatable bonds is 5. The zero-order valence-electron chi connectivity index (χ0n) is 10.3. The van der Waals surface area contributed by atoms with E-state index in [0.717, 1.165) is 6.42 Å². The van der Waals surface area contributed by atoms with Gasteiger partial charge in [-0.05, 0) is 6.42 Å². The summed E-state index contributed by atoms with van der Waals surface area (Å²) in [5.41, 5.74) is 0. The smallest absolute Gasteiger partial charge is 0.302 e. The summed E-state index contributed by atoms with van der Waals surface area (Å²) >= 11 is 0. The predicted octanol–water partition coefficient (Wildman–Crippen LogP) is 3.82. The Labute approximate surface area is 98.6 Å². The molecule has 0 saturated heterocycles. The quantitative estimate of drug-likeness (QED) is 0.559. The van der Waals surface area contributed by atoms with E-state index in [4.69, 9.17) is 4.74 Å². The fourth-order valence-corrected chi connectivity index (χ4v) is 1.13. The minimum absolute atomic E-state index is 0.170. The maximum atomic E-state index is 10.3. The largest absolute Gasteiger partial charge is 0.466 e. The topological polar surface area (TPSA) is 26.3 Å². The van der Waals surface area contributed by atoms with Gasteiger partial charge in [0, 0.05) is 6.92 Å². The number of hydrogen-bond donors (Lipinski definition) is 0. The number of ether oxygens (including phenoxy) is 1. The molecule has 0 bridgehead atoms. The van der Waals surface area contributed by atoms with E-state index < -0.39 is 0 Å². The van der Waals surface area contributed by atoms with Gasteiger partial charge in [-0.1, -0.05) is 62.6 Å². The molecule has 0 saturated carbocycles. The van der Waals surface area contributed by atoms with Crippen LogP contribution in [0.25, 0.3) is 0 Å². The molecule has 0 aliphatic heterocycles. The van der Waals surface area contributed by atoms with Crippen molar-refractivity contribution in [2.75, 3.05) is 6.61 Å². The molecule has 2 nitrogen and oxygen atoms in total.